The lowest BCUT2D eigenvalue weighted by Crippen LogP contribution is -2.46. The van der Waals surface area contributed by atoms with E-state index >= 15 is 0 Å². The van der Waals surface area contributed by atoms with E-state index in [0.29, 0.717) is 66.0 Å². The average molecular weight is 1220 g/mol. The number of para-hydroxylation sites is 2. The van der Waals surface area contributed by atoms with Crippen LogP contribution < -0.4 is 46.9 Å². The van der Waals surface area contributed by atoms with E-state index in [1.165, 1.54) is 24.3 Å². The molecule has 446 valence electrons. The van der Waals surface area contributed by atoms with Gasteiger partial charge in [-0.2, -0.15) is 0 Å². The van der Waals surface area contributed by atoms with Crippen LogP contribution in [0.15, 0.2) is 159 Å². The van der Waals surface area contributed by atoms with Crippen molar-refractivity contribution >= 4 is 52.5 Å². The van der Waals surface area contributed by atoms with Gasteiger partial charge in [0.05, 0.1) is 65.4 Å². The number of ether oxygens (including phenoxy) is 3. The Morgan fingerprint density at radius 3 is 1.38 bits per heavy atom. The van der Waals surface area contributed by atoms with Crippen LogP contribution >= 0.6 is 23.2 Å². The summed E-state index contributed by atoms with van der Waals surface area (Å²) in [5, 5.41) is 24.9. The summed E-state index contributed by atoms with van der Waals surface area (Å²) in [4.78, 5) is 76.5. The first-order valence-electron chi connectivity index (χ1n) is 27.1. The molecular weight excluding hydrogens is 1160 g/mol. The molecule has 0 spiro atoms. The maximum atomic E-state index is 13.4. The normalized spacial score (nSPS) is 15.7. The number of amides is 4. The molecule has 4 amide bonds. The molecule has 86 heavy (non-hydrogen) atoms. The van der Waals surface area contributed by atoms with Crippen molar-refractivity contribution in [2.75, 3.05) is 13.2 Å². The van der Waals surface area contributed by atoms with E-state index in [1.807, 2.05) is 12.1 Å². The summed E-state index contributed by atoms with van der Waals surface area (Å²) in [6.07, 6.45) is 4.37. The number of nitrogens with zero attached hydrogens (tertiary/aromatic N) is 3. The minimum absolute atomic E-state index is 0.0284. The summed E-state index contributed by atoms with van der Waals surface area (Å²) >= 11 is 11.9. The van der Waals surface area contributed by atoms with Crippen LogP contribution in [0.1, 0.15) is 102 Å². The van der Waals surface area contributed by atoms with Gasteiger partial charge in [0.15, 0.2) is 0 Å². The Hall–Kier alpha value is -9.29. The van der Waals surface area contributed by atoms with Crippen molar-refractivity contribution in [2.45, 2.75) is 81.1 Å². The SMILES string of the molecule is NC(=O)[C@H](Cc1ccc(Cl)cc1)NC(=O)c1cccc2c1OCCC2NC(Cc1ccc(OC(F)(F)F)cc1)c1cnc[nH]1.NC(=O)[C@H](Cc1ccc(Cl)cc1)NC(=O)c1cccc2c1OCCC2NC(Cc1ccc([N+](=O)[O-])cc1)c1cnc[nH]1. The number of nitro benzene ring substituents is 1. The van der Waals surface area contributed by atoms with E-state index in [4.69, 9.17) is 44.1 Å². The van der Waals surface area contributed by atoms with Gasteiger partial charge in [0.1, 0.15) is 29.3 Å². The Morgan fingerprint density at radius 1 is 0.616 bits per heavy atom. The van der Waals surface area contributed by atoms with Gasteiger partial charge in [0.2, 0.25) is 11.8 Å². The number of primary amides is 2. The second kappa shape index (κ2) is 28.1. The van der Waals surface area contributed by atoms with Gasteiger partial charge in [-0.3, -0.25) is 29.3 Å². The highest BCUT2D eigenvalue weighted by molar-refractivity contribution is 6.30. The zero-order chi connectivity index (χ0) is 60.9. The number of halogens is 5. The number of nitrogens with two attached hydrogens (primary N) is 2. The Balaban J connectivity index is 0.000000206. The number of carbonyl (C=O) groups is 4. The Kier molecular flexibility index (Phi) is 20.0. The smallest absolute Gasteiger partial charge is 0.492 e. The third-order valence-electron chi connectivity index (χ3n) is 14.4. The molecule has 0 saturated carbocycles. The van der Waals surface area contributed by atoms with Crippen LogP contribution in [0.4, 0.5) is 18.9 Å². The van der Waals surface area contributed by atoms with Crippen LogP contribution in [-0.4, -0.2) is 80.1 Å². The van der Waals surface area contributed by atoms with Gasteiger partial charge >= 0.3 is 6.36 Å². The number of carbonyl (C=O) groups excluding carboxylic acids is 4. The van der Waals surface area contributed by atoms with E-state index in [2.05, 4.69) is 45.9 Å². The van der Waals surface area contributed by atoms with Crippen LogP contribution in [0.25, 0.3) is 0 Å². The number of non-ortho nitro benzene ring substituents is 1. The number of nitro groups is 1. The van der Waals surface area contributed by atoms with Gasteiger partial charge in [-0.1, -0.05) is 96.0 Å². The molecule has 4 heterocycles. The molecule has 2 aromatic heterocycles. The Morgan fingerprint density at radius 2 is 1.01 bits per heavy atom. The standard InChI is InChI=1S/C31H29ClF3N5O4.C30H29ClN6O5/c32-20-8-4-18(5-9-20)15-26(29(36)41)40-30(42)23-3-1-2-22-24(12-13-43-28(22)23)39-25(27-16-37-17-38-27)14-19-6-10-21(11-7-19)44-31(33,34)35;31-20-8-4-18(5-9-20)15-26(29(32)38)36-30(39)23-3-1-2-22-24(12-13-42-28(22)23)35-25(27-16-33-17-34-27)14-19-6-10-21(11-7-19)37(40)41/h1-11,16-17,24-26,39H,12-15H2,(H2,36,41)(H,37,38)(H,40,42);1-11,16-17,24-26,35H,12-15H2,(H2,32,38)(H,33,34)(H,36,39)/t2*24?,25?,26-/m00/s1. The fraction of sp³-hybridized carbons (Fsp3) is 0.246. The van der Waals surface area contributed by atoms with Crippen molar-refractivity contribution in [2.24, 2.45) is 11.5 Å². The van der Waals surface area contributed by atoms with E-state index < -0.39 is 47.0 Å². The number of hydrogen-bond acceptors (Lipinski definition) is 13. The molecule has 0 aliphatic carbocycles. The molecule has 10 N–H and O–H groups in total. The summed E-state index contributed by atoms with van der Waals surface area (Å²) in [5.74, 6) is -1.79. The number of rotatable bonds is 22. The van der Waals surface area contributed by atoms with E-state index in [0.717, 1.165) is 44.8 Å². The summed E-state index contributed by atoms with van der Waals surface area (Å²) < 4.78 is 53.7. The number of H-pyrrole nitrogens is 2. The Labute approximate surface area is 500 Å². The maximum absolute atomic E-state index is 13.4. The third kappa shape index (κ3) is 16.3. The number of aromatic amines is 2. The second-order valence-electron chi connectivity index (χ2n) is 20.3. The second-order valence-corrected chi connectivity index (χ2v) is 21.2. The summed E-state index contributed by atoms with van der Waals surface area (Å²) in [6, 6.07) is 33.7. The molecule has 10 rings (SSSR count). The van der Waals surface area contributed by atoms with E-state index in [9.17, 15) is 42.5 Å². The highest BCUT2D eigenvalue weighted by atomic mass is 35.5. The van der Waals surface area contributed by atoms with Crippen LogP contribution in [0, 0.1) is 10.1 Å². The van der Waals surface area contributed by atoms with Crippen LogP contribution in [-0.2, 0) is 35.3 Å². The molecule has 0 fully saturated rings. The molecule has 2 aliphatic rings. The van der Waals surface area contributed by atoms with Crippen molar-refractivity contribution in [3.8, 4) is 17.2 Å². The van der Waals surface area contributed by atoms with Gasteiger partial charge < -0.3 is 56.9 Å². The van der Waals surface area contributed by atoms with Crippen LogP contribution in [0.3, 0.4) is 0 Å². The summed E-state index contributed by atoms with van der Waals surface area (Å²) in [7, 11) is 0. The molecule has 8 aromatic rings. The quantitative estimate of drug-likeness (QED) is 0.0232. The molecule has 25 heteroatoms. The lowest BCUT2D eigenvalue weighted by atomic mass is 9.94. The van der Waals surface area contributed by atoms with E-state index in [-0.39, 0.29) is 54.0 Å². The fourth-order valence-corrected chi connectivity index (χ4v) is 10.4. The first-order chi connectivity index (χ1) is 41.3. The largest absolute Gasteiger partial charge is 0.573 e. The topological polar surface area (TPSA) is 297 Å². The monoisotopic (exact) mass is 1220 g/mol. The van der Waals surface area contributed by atoms with Gasteiger partial charge in [-0.25, -0.2) is 9.97 Å². The van der Waals surface area contributed by atoms with Gasteiger partial charge in [0, 0.05) is 83.5 Å². The molecule has 20 nitrogen and oxygen atoms in total. The Bertz CT molecular complexity index is 3620. The summed E-state index contributed by atoms with van der Waals surface area (Å²) in [6.45, 7) is 0.685. The van der Waals surface area contributed by atoms with Gasteiger partial charge in [-0.05, 0) is 83.6 Å². The first kappa shape index (κ1) is 61.3. The maximum Gasteiger partial charge on any atom is 0.573 e. The van der Waals surface area contributed by atoms with Crippen molar-refractivity contribution in [1.82, 2.24) is 41.2 Å². The average Bonchev–Trinajstić information content (AvgIpc) is 1.91. The number of aromatic nitrogens is 4. The molecular formula is C61H58Cl2F3N11O9. The zero-order valence-corrected chi connectivity index (χ0v) is 47.2. The van der Waals surface area contributed by atoms with Crippen molar-refractivity contribution in [3.05, 3.63) is 235 Å². The third-order valence-corrected chi connectivity index (χ3v) is 14.9. The summed E-state index contributed by atoms with van der Waals surface area (Å²) in [5.41, 5.74) is 18.3. The predicted octanol–water partition coefficient (Wildman–Crippen LogP) is 9.38. The highest BCUT2D eigenvalue weighted by Gasteiger charge is 2.34. The number of alkyl halides is 3. The minimum Gasteiger partial charge on any atom is -0.492 e. The van der Waals surface area contributed by atoms with Crippen LogP contribution in [0.5, 0.6) is 17.2 Å². The fourth-order valence-electron chi connectivity index (χ4n) is 10.2. The molecule has 4 unspecified atom stereocenters. The molecule has 2 aliphatic heterocycles. The molecule has 0 radical (unpaired) electrons. The number of benzene rings is 6. The molecule has 6 atom stereocenters. The first-order valence-corrected chi connectivity index (χ1v) is 27.9. The van der Waals surface area contributed by atoms with Crippen LogP contribution in [0.2, 0.25) is 10.0 Å². The minimum atomic E-state index is -4.77. The van der Waals surface area contributed by atoms with Crippen molar-refractivity contribution in [1.29, 1.82) is 0 Å². The van der Waals surface area contributed by atoms with Gasteiger partial charge in [-0.15, -0.1) is 13.2 Å². The molecule has 6 aromatic carbocycles. The zero-order valence-electron chi connectivity index (χ0n) is 45.7. The van der Waals surface area contributed by atoms with Crippen molar-refractivity contribution < 1.29 is 51.5 Å². The molecule has 0 bridgehead atoms. The molecule has 0 saturated heterocycles. The van der Waals surface area contributed by atoms with E-state index in [1.54, 1.807) is 122 Å². The number of fused-ring (bicyclic) bond motifs is 2. The van der Waals surface area contributed by atoms with Crippen molar-refractivity contribution in [3.63, 3.8) is 0 Å². The number of hydrogen-bond donors (Lipinski definition) is 8. The lowest BCUT2D eigenvalue weighted by Gasteiger charge is -2.31. The number of nitrogens with one attached hydrogen (secondary N) is 6. The number of imidazole rings is 2. The highest BCUT2D eigenvalue weighted by Crippen LogP contribution is 2.39. The predicted molar refractivity (Wildman–Crippen MR) is 312 cm³/mol. The lowest BCUT2D eigenvalue weighted by molar-refractivity contribution is -0.384. The van der Waals surface area contributed by atoms with Gasteiger partial charge in [0.25, 0.3) is 17.5 Å².